The standard InChI is InChI=1S/C13H22N4S/c1-13(2,3)11-15-12(18-16-11)14-9-6-8-17-7-4-5-10(9)17/h9-10H,4-8H2,1-3H3,(H,14,15,16). The summed E-state index contributed by atoms with van der Waals surface area (Å²) in [6.07, 6.45) is 3.93. The average molecular weight is 266 g/mol. The summed E-state index contributed by atoms with van der Waals surface area (Å²) in [5, 5.41) is 4.61. The lowest BCUT2D eigenvalue weighted by molar-refractivity contribution is 0.318. The van der Waals surface area contributed by atoms with Crippen molar-refractivity contribution in [2.75, 3.05) is 18.4 Å². The number of nitrogens with zero attached hydrogens (tertiary/aromatic N) is 3. The smallest absolute Gasteiger partial charge is 0.202 e. The largest absolute Gasteiger partial charge is 0.356 e. The van der Waals surface area contributed by atoms with Crippen LogP contribution in [-0.4, -0.2) is 39.4 Å². The number of hydrogen-bond acceptors (Lipinski definition) is 5. The van der Waals surface area contributed by atoms with E-state index < -0.39 is 0 Å². The molecular weight excluding hydrogens is 244 g/mol. The molecule has 18 heavy (non-hydrogen) atoms. The third-order valence-corrected chi connectivity index (χ3v) is 4.66. The maximum absolute atomic E-state index is 4.64. The molecule has 0 radical (unpaired) electrons. The van der Waals surface area contributed by atoms with E-state index >= 15 is 0 Å². The predicted octanol–water partition coefficient (Wildman–Crippen LogP) is 2.48. The van der Waals surface area contributed by atoms with Crippen LogP contribution >= 0.6 is 11.5 Å². The number of fused-ring (bicyclic) bond motifs is 1. The molecule has 3 heterocycles. The zero-order valence-corrected chi connectivity index (χ0v) is 12.3. The van der Waals surface area contributed by atoms with Gasteiger partial charge in [-0.05, 0) is 25.8 Å². The fourth-order valence-electron chi connectivity index (χ4n) is 3.00. The molecule has 2 fully saturated rings. The summed E-state index contributed by atoms with van der Waals surface area (Å²) in [5.41, 5.74) is 0.0471. The van der Waals surface area contributed by atoms with Crippen molar-refractivity contribution in [2.24, 2.45) is 0 Å². The Morgan fingerprint density at radius 1 is 1.28 bits per heavy atom. The minimum absolute atomic E-state index is 0.0471. The molecule has 3 rings (SSSR count). The molecule has 5 heteroatoms. The summed E-state index contributed by atoms with van der Waals surface area (Å²) in [7, 11) is 0. The Balaban J connectivity index is 1.68. The summed E-state index contributed by atoms with van der Waals surface area (Å²) in [4.78, 5) is 7.25. The molecule has 2 unspecified atom stereocenters. The number of rotatable bonds is 2. The first-order valence-electron chi connectivity index (χ1n) is 6.89. The van der Waals surface area contributed by atoms with Crippen molar-refractivity contribution in [3.63, 3.8) is 0 Å². The average Bonchev–Trinajstić information content (AvgIpc) is 2.95. The van der Waals surface area contributed by atoms with Crippen LogP contribution in [0.25, 0.3) is 0 Å². The van der Waals surface area contributed by atoms with E-state index in [0.717, 1.165) is 17.0 Å². The van der Waals surface area contributed by atoms with Crippen LogP contribution < -0.4 is 5.32 Å². The highest BCUT2D eigenvalue weighted by Crippen LogP contribution is 2.31. The van der Waals surface area contributed by atoms with Gasteiger partial charge < -0.3 is 5.32 Å². The Morgan fingerprint density at radius 3 is 2.83 bits per heavy atom. The van der Waals surface area contributed by atoms with Crippen molar-refractivity contribution >= 4 is 16.7 Å². The molecule has 0 aliphatic carbocycles. The molecule has 1 aromatic heterocycles. The first-order valence-corrected chi connectivity index (χ1v) is 7.66. The molecule has 4 nitrogen and oxygen atoms in total. The number of aromatic nitrogens is 2. The van der Waals surface area contributed by atoms with E-state index in [9.17, 15) is 0 Å². The van der Waals surface area contributed by atoms with Crippen LogP contribution in [0.2, 0.25) is 0 Å². The topological polar surface area (TPSA) is 41.1 Å². The Morgan fingerprint density at radius 2 is 2.11 bits per heavy atom. The van der Waals surface area contributed by atoms with Crippen molar-refractivity contribution in [3.05, 3.63) is 5.82 Å². The van der Waals surface area contributed by atoms with Crippen LogP contribution in [0.5, 0.6) is 0 Å². The van der Waals surface area contributed by atoms with Gasteiger partial charge in [-0.3, -0.25) is 4.90 Å². The van der Waals surface area contributed by atoms with Crippen molar-refractivity contribution in [1.29, 1.82) is 0 Å². The molecule has 100 valence electrons. The van der Waals surface area contributed by atoms with Gasteiger partial charge in [0.25, 0.3) is 0 Å². The van der Waals surface area contributed by atoms with E-state index in [-0.39, 0.29) is 5.41 Å². The van der Waals surface area contributed by atoms with Crippen LogP contribution in [-0.2, 0) is 5.41 Å². The first-order chi connectivity index (χ1) is 8.54. The van der Waals surface area contributed by atoms with Crippen LogP contribution in [0, 0.1) is 0 Å². The third kappa shape index (κ3) is 2.26. The van der Waals surface area contributed by atoms with E-state index in [0.29, 0.717) is 6.04 Å². The van der Waals surface area contributed by atoms with Crippen LogP contribution in [0.4, 0.5) is 5.13 Å². The summed E-state index contributed by atoms with van der Waals surface area (Å²) in [5.74, 6) is 0.955. The van der Waals surface area contributed by atoms with E-state index in [1.165, 1.54) is 43.9 Å². The maximum Gasteiger partial charge on any atom is 0.202 e. The molecule has 0 bridgehead atoms. The van der Waals surface area contributed by atoms with Gasteiger partial charge in [-0.2, -0.15) is 4.37 Å². The second kappa shape index (κ2) is 4.46. The summed E-state index contributed by atoms with van der Waals surface area (Å²) < 4.78 is 4.47. The van der Waals surface area contributed by atoms with Gasteiger partial charge in [0, 0.05) is 35.6 Å². The van der Waals surface area contributed by atoms with Gasteiger partial charge >= 0.3 is 0 Å². The highest BCUT2D eigenvalue weighted by Gasteiger charge is 2.37. The summed E-state index contributed by atoms with van der Waals surface area (Å²) in [6.45, 7) is 9.01. The van der Waals surface area contributed by atoms with Crippen LogP contribution in [0.3, 0.4) is 0 Å². The zero-order valence-electron chi connectivity index (χ0n) is 11.4. The minimum atomic E-state index is 0.0471. The van der Waals surface area contributed by atoms with Crippen molar-refractivity contribution < 1.29 is 0 Å². The Labute approximate surface area is 113 Å². The van der Waals surface area contributed by atoms with Gasteiger partial charge in [0.2, 0.25) is 5.13 Å². The molecule has 1 N–H and O–H groups in total. The van der Waals surface area contributed by atoms with Crippen molar-refractivity contribution in [1.82, 2.24) is 14.3 Å². The van der Waals surface area contributed by atoms with E-state index in [1.54, 1.807) is 0 Å². The quantitative estimate of drug-likeness (QED) is 0.893. The van der Waals surface area contributed by atoms with E-state index in [1.807, 2.05) is 0 Å². The van der Waals surface area contributed by atoms with Gasteiger partial charge in [0.15, 0.2) is 0 Å². The molecule has 0 spiro atoms. The molecule has 0 amide bonds. The zero-order chi connectivity index (χ0) is 12.8. The maximum atomic E-state index is 4.64. The van der Waals surface area contributed by atoms with Gasteiger partial charge in [-0.25, -0.2) is 4.98 Å². The van der Waals surface area contributed by atoms with Crippen molar-refractivity contribution in [2.45, 2.75) is 57.5 Å². The lowest BCUT2D eigenvalue weighted by Gasteiger charge is -2.20. The molecular formula is C13H22N4S. The summed E-state index contributed by atoms with van der Waals surface area (Å²) >= 11 is 1.51. The third-order valence-electron chi connectivity index (χ3n) is 4.01. The van der Waals surface area contributed by atoms with E-state index in [2.05, 4.69) is 40.3 Å². The minimum Gasteiger partial charge on any atom is -0.356 e. The van der Waals surface area contributed by atoms with Crippen LogP contribution in [0.15, 0.2) is 0 Å². The normalized spacial score (nSPS) is 28.6. The van der Waals surface area contributed by atoms with Gasteiger partial charge in [0.05, 0.1) is 0 Å². The molecule has 2 aliphatic heterocycles. The van der Waals surface area contributed by atoms with Gasteiger partial charge in [-0.1, -0.05) is 20.8 Å². The molecule has 2 saturated heterocycles. The molecule has 2 atom stereocenters. The number of nitrogens with one attached hydrogen (secondary N) is 1. The predicted molar refractivity (Wildman–Crippen MR) is 75.2 cm³/mol. The van der Waals surface area contributed by atoms with Crippen molar-refractivity contribution in [3.8, 4) is 0 Å². The monoisotopic (exact) mass is 266 g/mol. The SMILES string of the molecule is CC(C)(C)c1nsc(NC2CCN3CCCC23)n1. The Kier molecular flexibility index (Phi) is 3.06. The second-order valence-electron chi connectivity index (χ2n) is 6.46. The second-order valence-corrected chi connectivity index (χ2v) is 7.21. The Bertz CT molecular complexity index is 423. The molecule has 2 aliphatic rings. The fraction of sp³-hybridized carbons (Fsp3) is 0.846. The van der Waals surface area contributed by atoms with Crippen LogP contribution in [0.1, 0.15) is 45.9 Å². The summed E-state index contributed by atoms with van der Waals surface area (Å²) in [6, 6.07) is 1.31. The lowest BCUT2D eigenvalue weighted by atomic mass is 9.96. The highest BCUT2D eigenvalue weighted by atomic mass is 32.1. The number of hydrogen-bond donors (Lipinski definition) is 1. The lowest BCUT2D eigenvalue weighted by Crippen LogP contribution is -2.33. The van der Waals surface area contributed by atoms with Gasteiger partial charge in [0.1, 0.15) is 5.82 Å². The highest BCUT2D eigenvalue weighted by molar-refractivity contribution is 7.09. The molecule has 1 aromatic rings. The molecule has 0 saturated carbocycles. The Hall–Kier alpha value is -0.680. The number of anilines is 1. The van der Waals surface area contributed by atoms with E-state index in [4.69, 9.17) is 0 Å². The van der Waals surface area contributed by atoms with Gasteiger partial charge in [-0.15, -0.1) is 0 Å². The first kappa shape index (κ1) is 12.4. The fourth-order valence-corrected chi connectivity index (χ4v) is 3.82. The molecule has 0 aromatic carbocycles.